The molecule has 1 aromatic rings. The predicted octanol–water partition coefficient (Wildman–Crippen LogP) is -0.0403. The molecule has 0 aliphatic heterocycles. The van der Waals surface area contributed by atoms with Gasteiger partial charge in [-0.05, 0) is 12.1 Å². The van der Waals surface area contributed by atoms with Gasteiger partial charge < -0.3 is 21.5 Å². The van der Waals surface area contributed by atoms with Crippen LogP contribution in [0.5, 0.6) is 5.88 Å². The number of aromatic nitrogens is 1. The summed E-state index contributed by atoms with van der Waals surface area (Å²) in [4.78, 5) is 14.6. The lowest BCUT2D eigenvalue weighted by molar-refractivity contribution is -0.117. The molecule has 0 aromatic carbocycles. The normalized spacial score (nSPS) is 9.67. The minimum absolute atomic E-state index is 0.258. The maximum atomic E-state index is 10.5. The zero-order chi connectivity index (χ0) is 11.3. The first-order valence-corrected chi connectivity index (χ1v) is 4.46. The molecule has 0 aliphatic carbocycles. The van der Waals surface area contributed by atoms with Crippen molar-refractivity contribution in [3.63, 3.8) is 0 Å². The van der Waals surface area contributed by atoms with E-state index in [1.54, 1.807) is 12.1 Å². The number of nitrogens with one attached hydrogen (secondary N) is 1. The molecule has 0 saturated carbocycles. The number of pyridine rings is 1. The summed E-state index contributed by atoms with van der Waals surface area (Å²) in [6.07, 6.45) is 0.258. The Morgan fingerprint density at radius 3 is 2.93 bits per heavy atom. The molecule has 6 nitrogen and oxygen atoms in total. The van der Waals surface area contributed by atoms with E-state index >= 15 is 0 Å². The third-order valence-corrected chi connectivity index (χ3v) is 1.76. The highest BCUT2D eigenvalue weighted by Crippen LogP contribution is 2.19. The highest BCUT2D eigenvalue weighted by molar-refractivity contribution is 5.74. The first-order chi connectivity index (χ1) is 7.13. The van der Waals surface area contributed by atoms with E-state index in [0.717, 1.165) is 0 Å². The SMILES string of the molecule is COc1nc(NCCC(N)=O)ccc1N. The maximum absolute atomic E-state index is 10.5. The molecule has 82 valence electrons. The van der Waals surface area contributed by atoms with Crippen LogP contribution in [0.15, 0.2) is 12.1 Å². The summed E-state index contributed by atoms with van der Waals surface area (Å²) in [5.74, 6) is 0.603. The number of carbonyl (C=O) groups excluding carboxylic acids is 1. The van der Waals surface area contributed by atoms with Crippen molar-refractivity contribution in [2.45, 2.75) is 6.42 Å². The molecule has 1 rings (SSSR count). The van der Waals surface area contributed by atoms with Crippen molar-refractivity contribution in [1.82, 2.24) is 4.98 Å². The largest absolute Gasteiger partial charge is 0.479 e. The average Bonchev–Trinajstić information content (AvgIpc) is 2.20. The van der Waals surface area contributed by atoms with E-state index < -0.39 is 0 Å². The molecule has 0 spiro atoms. The third kappa shape index (κ3) is 3.34. The molecule has 0 fully saturated rings. The fourth-order valence-corrected chi connectivity index (χ4v) is 1.03. The number of carbonyl (C=O) groups is 1. The minimum atomic E-state index is -0.357. The van der Waals surface area contributed by atoms with Gasteiger partial charge in [-0.1, -0.05) is 0 Å². The van der Waals surface area contributed by atoms with Crippen molar-refractivity contribution in [2.24, 2.45) is 5.73 Å². The van der Waals surface area contributed by atoms with Crippen LogP contribution in [0.4, 0.5) is 11.5 Å². The van der Waals surface area contributed by atoms with E-state index in [9.17, 15) is 4.79 Å². The van der Waals surface area contributed by atoms with E-state index in [-0.39, 0.29) is 12.3 Å². The number of primary amides is 1. The van der Waals surface area contributed by atoms with Gasteiger partial charge in [-0.25, -0.2) is 0 Å². The van der Waals surface area contributed by atoms with E-state index in [1.165, 1.54) is 7.11 Å². The zero-order valence-corrected chi connectivity index (χ0v) is 8.49. The molecule has 0 radical (unpaired) electrons. The number of methoxy groups -OCH3 is 1. The number of rotatable bonds is 5. The van der Waals surface area contributed by atoms with Gasteiger partial charge in [-0.15, -0.1) is 0 Å². The summed E-state index contributed by atoms with van der Waals surface area (Å²) in [6, 6.07) is 3.39. The van der Waals surface area contributed by atoms with E-state index in [1.807, 2.05) is 0 Å². The molecule has 5 N–H and O–H groups in total. The molecule has 0 saturated heterocycles. The molecular formula is C9H14N4O2. The summed E-state index contributed by atoms with van der Waals surface area (Å²) >= 11 is 0. The minimum Gasteiger partial charge on any atom is -0.479 e. The summed E-state index contributed by atoms with van der Waals surface area (Å²) < 4.78 is 4.95. The number of hydrogen-bond donors (Lipinski definition) is 3. The quantitative estimate of drug-likeness (QED) is 0.632. The van der Waals surface area contributed by atoms with Crippen LogP contribution in [0.25, 0.3) is 0 Å². The second-order valence-corrected chi connectivity index (χ2v) is 2.94. The van der Waals surface area contributed by atoms with Gasteiger partial charge in [-0.3, -0.25) is 4.79 Å². The maximum Gasteiger partial charge on any atom is 0.238 e. The van der Waals surface area contributed by atoms with Crippen LogP contribution in [0.2, 0.25) is 0 Å². The number of hydrogen-bond acceptors (Lipinski definition) is 5. The fourth-order valence-electron chi connectivity index (χ4n) is 1.03. The summed E-state index contributed by atoms with van der Waals surface area (Å²) in [5.41, 5.74) is 11.1. The Balaban J connectivity index is 2.58. The lowest BCUT2D eigenvalue weighted by Gasteiger charge is -2.07. The molecule has 15 heavy (non-hydrogen) atoms. The van der Waals surface area contributed by atoms with E-state index in [4.69, 9.17) is 16.2 Å². The van der Waals surface area contributed by atoms with Crippen molar-refractivity contribution in [1.29, 1.82) is 0 Å². The standard InChI is InChI=1S/C9H14N4O2/c1-15-9-6(10)2-3-8(13-9)12-5-4-7(11)14/h2-3H,4-5,10H2,1H3,(H2,11,14)(H,12,13). The van der Waals surface area contributed by atoms with Gasteiger partial charge in [0.25, 0.3) is 0 Å². The Morgan fingerprint density at radius 1 is 1.60 bits per heavy atom. The van der Waals surface area contributed by atoms with E-state index in [2.05, 4.69) is 10.3 Å². The summed E-state index contributed by atoms with van der Waals surface area (Å²) in [6.45, 7) is 0.440. The van der Waals surface area contributed by atoms with Crippen LogP contribution in [0.1, 0.15) is 6.42 Å². The molecule has 1 aromatic heterocycles. The molecule has 0 bridgehead atoms. The molecule has 1 amide bonds. The van der Waals surface area contributed by atoms with Gasteiger partial charge in [0.2, 0.25) is 11.8 Å². The number of nitrogens with zero attached hydrogens (tertiary/aromatic N) is 1. The Labute approximate surface area is 87.6 Å². The van der Waals surface area contributed by atoms with Crippen LogP contribution in [0.3, 0.4) is 0 Å². The molecule has 0 aliphatic rings. The smallest absolute Gasteiger partial charge is 0.238 e. The number of amides is 1. The van der Waals surface area contributed by atoms with Crippen molar-refractivity contribution >= 4 is 17.4 Å². The van der Waals surface area contributed by atoms with Crippen molar-refractivity contribution in [3.05, 3.63) is 12.1 Å². The van der Waals surface area contributed by atoms with Crippen LogP contribution in [0, 0.1) is 0 Å². The Morgan fingerprint density at radius 2 is 2.33 bits per heavy atom. The highest BCUT2D eigenvalue weighted by Gasteiger charge is 2.02. The molecule has 1 heterocycles. The van der Waals surface area contributed by atoms with Gasteiger partial charge in [0.1, 0.15) is 5.82 Å². The van der Waals surface area contributed by atoms with E-state index in [0.29, 0.717) is 23.9 Å². The molecular weight excluding hydrogens is 196 g/mol. The van der Waals surface area contributed by atoms with Crippen molar-refractivity contribution < 1.29 is 9.53 Å². The molecule has 0 unspecified atom stereocenters. The van der Waals surface area contributed by atoms with Crippen LogP contribution in [-0.4, -0.2) is 24.5 Å². The monoisotopic (exact) mass is 210 g/mol. The zero-order valence-electron chi connectivity index (χ0n) is 8.49. The van der Waals surface area contributed by atoms with Crippen molar-refractivity contribution in [2.75, 3.05) is 24.7 Å². The Bertz CT molecular complexity index is 354. The highest BCUT2D eigenvalue weighted by atomic mass is 16.5. The van der Waals surface area contributed by atoms with Gasteiger partial charge in [0.05, 0.1) is 12.8 Å². The first kappa shape index (κ1) is 11.1. The first-order valence-electron chi connectivity index (χ1n) is 4.46. The summed E-state index contributed by atoms with van der Waals surface area (Å²) in [7, 11) is 1.49. The number of anilines is 2. The summed E-state index contributed by atoms with van der Waals surface area (Å²) in [5, 5.41) is 2.93. The van der Waals surface area contributed by atoms with Gasteiger partial charge >= 0.3 is 0 Å². The van der Waals surface area contributed by atoms with Gasteiger partial charge in [0, 0.05) is 13.0 Å². The van der Waals surface area contributed by atoms with Gasteiger partial charge in [-0.2, -0.15) is 4.98 Å². The lowest BCUT2D eigenvalue weighted by Crippen LogP contribution is -2.16. The van der Waals surface area contributed by atoms with Gasteiger partial charge in [0.15, 0.2) is 0 Å². The molecule has 6 heteroatoms. The number of ether oxygens (including phenoxy) is 1. The van der Waals surface area contributed by atoms with Crippen LogP contribution < -0.4 is 21.5 Å². The second kappa shape index (κ2) is 5.04. The number of nitrogens with two attached hydrogens (primary N) is 2. The van der Waals surface area contributed by atoms with Crippen molar-refractivity contribution in [3.8, 4) is 5.88 Å². The fraction of sp³-hybridized carbons (Fsp3) is 0.333. The Kier molecular flexibility index (Phi) is 3.73. The second-order valence-electron chi connectivity index (χ2n) is 2.94. The molecule has 0 atom stereocenters. The lowest BCUT2D eigenvalue weighted by atomic mass is 10.3. The number of nitrogen functional groups attached to an aromatic ring is 1. The topological polar surface area (TPSA) is 103 Å². The average molecular weight is 210 g/mol. The Hall–Kier alpha value is -1.98. The van der Waals surface area contributed by atoms with Crippen LogP contribution in [-0.2, 0) is 4.79 Å². The van der Waals surface area contributed by atoms with Crippen LogP contribution >= 0.6 is 0 Å². The predicted molar refractivity (Wildman–Crippen MR) is 57.5 cm³/mol. The third-order valence-electron chi connectivity index (χ3n) is 1.76.